The molecule has 0 aromatic heterocycles. The van der Waals surface area contributed by atoms with Gasteiger partial charge in [0.2, 0.25) is 0 Å². The van der Waals surface area contributed by atoms with Crippen molar-refractivity contribution in [1.82, 2.24) is 4.90 Å². The van der Waals surface area contributed by atoms with Crippen LogP contribution in [0.4, 0.5) is 0 Å². The predicted octanol–water partition coefficient (Wildman–Crippen LogP) is 2.20. The lowest BCUT2D eigenvalue weighted by molar-refractivity contribution is -0.151. The van der Waals surface area contributed by atoms with Crippen molar-refractivity contribution in [2.45, 2.75) is 57.5 Å². The number of carbonyl (C=O) groups excluding carboxylic acids is 1. The Balaban J connectivity index is 1.73. The molecule has 2 saturated carbocycles. The summed E-state index contributed by atoms with van der Waals surface area (Å²) in [5.41, 5.74) is -0.610. The molecule has 4 heteroatoms. The highest BCUT2D eigenvalue weighted by Gasteiger charge is 2.37. The van der Waals surface area contributed by atoms with E-state index in [0.717, 1.165) is 31.8 Å². The number of rotatable bonds is 6. The Morgan fingerprint density at radius 2 is 1.95 bits per heavy atom. The van der Waals surface area contributed by atoms with Gasteiger partial charge in [0.1, 0.15) is 0 Å². The van der Waals surface area contributed by atoms with E-state index in [4.69, 9.17) is 4.74 Å². The van der Waals surface area contributed by atoms with E-state index in [1.165, 1.54) is 19.3 Å². The normalized spacial score (nSPS) is 31.1. The van der Waals surface area contributed by atoms with Crippen molar-refractivity contribution in [3.63, 3.8) is 0 Å². The topological polar surface area (TPSA) is 49.8 Å². The van der Waals surface area contributed by atoms with E-state index in [1.807, 2.05) is 6.92 Å². The number of carbonyl (C=O) groups is 1. The van der Waals surface area contributed by atoms with Crippen LogP contribution in [0.1, 0.15) is 51.9 Å². The fourth-order valence-electron chi connectivity index (χ4n) is 3.49. The zero-order valence-electron chi connectivity index (χ0n) is 12.9. The molecular weight excluding hydrogens is 254 g/mol. The van der Waals surface area contributed by atoms with E-state index in [1.54, 1.807) is 0 Å². The maximum atomic E-state index is 11.7. The van der Waals surface area contributed by atoms with Crippen molar-refractivity contribution < 1.29 is 14.6 Å². The molecule has 20 heavy (non-hydrogen) atoms. The number of nitrogens with zero attached hydrogens (tertiary/aromatic N) is 1. The first-order valence-electron chi connectivity index (χ1n) is 8.10. The van der Waals surface area contributed by atoms with Crippen molar-refractivity contribution in [1.29, 1.82) is 0 Å². The lowest BCUT2D eigenvalue weighted by Crippen LogP contribution is -2.46. The summed E-state index contributed by atoms with van der Waals surface area (Å²) in [6.45, 7) is 4.12. The first-order chi connectivity index (χ1) is 9.52. The van der Waals surface area contributed by atoms with Gasteiger partial charge in [-0.25, -0.2) is 0 Å². The van der Waals surface area contributed by atoms with Crippen LogP contribution in [0.25, 0.3) is 0 Å². The summed E-state index contributed by atoms with van der Waals surface area (Å²) in [7, 11) is 2.10. The van der Waals surface area contributed by atoms with E-state index < -0.39 is 5.60 Å². The van der Waals surface area contributed by atoms with Gasteiger partial charge in [-0.3, -0.25) is 4.79 Å². The van der Waals surface area contributed by atoms with E-state index >= 15 is 0 Å². The minimum Gasteiger partial charge on any atom is -0.466 e. The number of likely N-dealkylation sites (N-methyl/N-ethyl adjacent to an activating group) is 1. The van der Waals surface area contributed by atoms with Crippen molar-refractivity contribution in [3.05, 3.63) is 0 Å². The largest absolute Gasteiger partial charge is 0.466 e. The van der Waals surface area contributed by atoms with Crippen molar-refractivity contribution in [2.24, 2.45) is 11.8 Å². The molecule has 0 unspecified atom stereocenters. The summed E-state index contributed by atoms with van der Waals surface area (Å²) in [6, 6.07) is 0. The molecular formula is C16H29NO3. The Hall–Kier alpha value is -0.610. The third-order valence-corrected chi connectivity index (χ3v) is 4.90. The Morgan fingerprint density at radius 3 is 2.45 bits per heavy atom. The van der Waals surface area contributed by atoms with Crippen LogP contribution in [0, 0.1) is 11.8 Å². The average molecular weight is 283 g/mol. The van der Waals surface area contributed by atoms with Crippen molar-refractivity contribution in [3.8, 4) is 0 Å². The van der Waals surface area contributed by atoms with Crippen LogP contribution < -0.4 is 0 Å². The first kappa shape index (κ1) is 15.8. The first-order valence-corrected chi connectivity index (χ1v) is 8.10. The molecule has 2 aliphatic carbocycles. The van der Waals surface area contributed by atoms with E-state index in [9.17, 15) is 9.90 Å². The fraction of sp³-hybridized carbons (Fsp3) is 0.938. The summed E-state index contributed by atoms with van der Waals surface area (Å²) in [5, 5.41) is 10.7. The summed E-state index contributed by atoms with van der Waals surface area (Å²) in [4.78, 5) is 14.0. The smallest absolute Gasteiger partial charge is 0.308 e. The minimum atomic E-state index is -0.610. The quantitative estimate of drug-likeness (QED) is 0.759. The van der Waals surface area contributed by atoms with Gasteiger partial charge in [0.05, 0.1) is 18.1 Å². The molecule has 0 atom stereocenters. The molecule has 0 saturated heterocycles. The number of hydrogen-bond acceptors (Lipinski definition) is 4. The van der Waals surface area contributed by atoms with Gasteiger partial charge in [-0.2, -0.15) is 0 Å². The minimum absolute atomic E-state index is 0.00726. The Kier molecular flexibility index (Phi) is 5.44. The zero-order valence-corrected chi connectivity index (χ0v) is 12.9. The van der Waals surface area contributed by atoms with Crippen LogP contribution >= 0.6 is 0 Å². The summed E-state index contributed by atoms with van der Waals surface area (Å²) >= 11 is 0. The second-order valence-corrected chi connectivity index (χ2v) is 6.74. The van der Waals surface area contributed by atoms with Crippen LogP contribution in [0.2, 0.25) is 0 Å². The van der Waals surface area contributed by atoms with Crippen LogP contribution in [0.5, 0.6) is 0 Å². The standard InChI is InChI=1S/C16H29NO3/c1-3-20-15(18)14-7-9-16(19,10-8-14)12-17(2)11-13-5-4-6-13/h13-14,19H,3-12H2,1-2H3. The second kappa shape index (κ2) is 6.90. The molecule has 2 rings (SSSR count). The highest BCUT2D eigenvalue weighted by Crippen LogP contribution is 2.34. The van der Waals surface area contributed by atoms with Gasteiger partial charge in [-0.1, -0.05) is 6.42 Å². The van der Waals surface area contributed by atoms with E-state index in [-0.39, 0.29) is 11.9 Å². The van der Waals surface area contributed by atoms with Gasteiger partial charge in [0.15, 0.2) is 0 Å². The molecule has 116 valence electrons. The number of esters is 1. The van der Waals surface area contributed by atoms with Crippen molar-refractivity contribution in [2.75, 3.05) is 26.7 Å². The zero-order chi connectivity index (χ0) is 14.6. The average Bonchev–Trinajstić information content (AvgIpc) is 2.34. The molecule has 0 spiro atoms. The van der Waals surface area contributed by atoms with Gasteiger partial charge >= 0.3 is 5.97 Å². The summed E-state index contributed by atoms with van der Waals surface area (Å²) in [5.74, 6) is 0.740. The molecule has 0 heterocycles. The van der Waals surface area contributed by atoms with E-state index in [2.05, 4.69) is 11.9 Å². The molecule has 2 aliphatic rings. The summed E-state index contributed by atoms with van der Waals surface area (Å²) < 4.78 is 5.07. The second-order valence-electron chi connectivity index (χ2n) is 6.74. The highest BCUT2D eigenvalue weighted by molar-refractivity contribution is 5.72. The Morgan fingerprint density at radius 1 is 1.30 bits per heavy atom. The number of hydrogen-bond donors (Lipinski definition) is 1. The third-order valence-electron chi connectivity index (χ3n) is 4.90. The van der Waals surface area contributed by atoms with Crippen LogP contribution in [0.3, 0.4) is 0 Å². The molecule has 4 nitrogen and oxygen atoms in total. The summed E-state index contributed by atoms with van der Waals surface area (Å²) in [6.07, 6.45) is 6.99. The van der Waals surface area contributed by atoms with Gasteiger partial charge in [0, 0.05) is 13.1 Å². The van der Waals surface area contributed by atoms with Crippen LogP contribution in [-0.4, -0.2) is 48.3 Å². The number of ether oxygens (including phenoxy) is 1. The molecule has 0 radical (unpaired) electrons. The monoisotopic (exact) mass is 283 g/mol. The molecule has 0 bridgehead atoms. The van der Waals surface area contributed by atoms with Gasteiger partial charge in [-0.05, 0) is 58.4 Å². The van der Waals surface area contributed by atoms with Gasteiger partial charge in [-0.15, -0.1) is 0 Å². The lowest BCUT2D eigenvalue weighted by atomic mass is 9.78. The van der Waals surface area contributed by atoms with E-state index in [0.29, 0.717) is 19.4 Å². The van der Waals surface area contributed by atoms with Crippen molar-refractivity contribution >= 4 is 5.97 Å². The maximum absolute atomic E-state index is 11.7. The van der Waals surface area contributed by atoms with Gasteiger partial charge in [0.25, 0.3) is 0 Å². The Labute approximate surface area is 122 Å². The maximum Gasteiger partial charge on any atom is 0.308 e. The van der Waals surface area contributed by atoms with Crippen LogP contribution in [0.15, 0.2) is 0 Å². The molecule has 0 aromatic carbocycles. The third kappa shape index (κ3) is 4.19. The van der Waals surface area contributed by atoms with Crippen LogP contribution in [-0.2, 0) is 9.53 Å². The lowest BCUT2D eigenvalue weighted by Gasteiger charge is -2.39. The van der Waals surface area contributed by atoms with Gasteiger partial charge < -0.3 is 14.7 Å². The molecule has 1 N–H and O–H groups in total. The molecule has 0 aliphatic heterocycles. The Bertz CT molecular complexity index is 320. The highest BCUT2D eigenvalue weighted by atomic mass is 16.5. The number of aliphatic hydroxyl groups is 1. The predicted molar refractivity (Wildman–Crippen MR) is 78.4 cm³/mol. The SMILES string of the molecule is CCOC(=O)C1CCC(O)(CN(C)CC2CCC2)CC1. The fourth-order valence-corrected chi connectivity index (χ4v) is 3.49. The molecule has 0 amide bonds. The molecule has 0 aromatic rings. The molecule has 2 fully saturated rings.